The van der Waals surface area contributed by atoms with Crippen molar-refractivity contribution in [2.75, 3.05) is 13.7 Å². The number of aromatic nitrogens is 2. The van der Waals surface area contributed by atoms with Gasteiger partial charge < -0.3 is 18.8 Å². The van der Waals surface area contributed by atoms with E-state index >= 15 is 0 Å². The van der Waals surface area contributed by atoms with Crippen LogP contribution in [-0.4, -0.2) is 34.9 Å². The van der Waals surface area contributed by atoms with Crippen LogP contribution >= 0.6 is 11.3 Å². The second-order valence-corrected chi connectivity index (χ2v) is 11.9. The lowest BCUT2D eigenvalue weighted by Gasteiger charge is -2.25. The molecule has 5 rings (SSSR count). The van der Waals surface area contributed by atoms with E-state index in [0.717, 1.165) is 22.2 Å². The first-order valence-electron chi connectivity index (χ1n) is 14.2. The number of esters is 1. The molecule has 0 fully saturated rings. The van der Waals surface area contributed by atoms with Crippen LogP contribution < -0.4 is 24.4 Å². The standard InChI is InChI=1S/C33H37N3O5S/c1-9-40-32(38)29-20(6)34-33-36(30(29)22-14-15-26(41-19(4)5)27(16-22)39-8)31(37)28(42-33)17-24-21(7)35(18(2)3)25-13-11-10-12-23(24)25/h10-19,30H,9H2,1-8H3/b28-17+/t30-/m1/s1. The number of carbonyl (C=O) groups is 1. The van der Waals surface area contributed by atoms with Gasteiger partial charge in [-0.1, -0.05) is 35.6 Å². The van der Waals surface area contributed by atoms with Gasteiger partial charge in [-0.3, -0.25) is 9.36 Å². The topological polar surface area (TPSA) is 84.1 Å². The molecule has 8 nitrogen and oxygen atoms in total. The highest BCUT2D eigenvalue weighted by Gasteiger charge is 2.34. The number of ether oxygens (including phenoxy) is 3. The summed E-state index contributed by atoms with van der Waals surface area (Å²) in [6, 6.07) is 13.2. The molecule has 220 valence electrons. The van der Waals surface area contributed by atoms with E-state index in [2.05, 4.69) is 37.5 Å². The number of hydrogen-bond acceptors (Lipinski definition) is 7. The average molecular weight is 588 g/mol. The zero-order valence-corrected chi connectivity index (χ0v) is 26.2. The Labute approximate surface area is 249 Å². The predicted octanol–water partition coefficient (Wildman–Crippen LogP) is 5.44. The van der Waals surface area contributed by atoms with Crippen LogP contribution in [0, 0.1) is 6.92 Å². The highest BCUT2D eigenvalue weighted by atomic mass is 32.1. The van der Waals surface area contributed by atoms with E-state index in [-0.39, 0.29) is 24.3 Å². The van der Waals surface area contributed by atoms with Gasteiger partial charge in [0.15, 0.2) is 16.3 Å². The molecule has 9 heteroatoms. The van der Waals surface area contributed by atoms with Crippen LogP contribution in [0.1, 0.15) is 70.4 Å². The summed E-state index contributed by atoms with van der Waals surface area (Å²) < 4.78 is 21.5. The van der Waals surface area contributed by atoms with Crippen molar-refractivity contribution in [1.29, 1.82) is 0 Å². The lowest BCUT2D eigenvalue weighted by Crippen LogP contribution is -2.40. The van der Waals surface area contributed by atoms with Crippen LogP contribution in [0.25, 0.3) is 17.0 Å². The first-order chi connectivity index (χ1) is 20.1. The van der Waals surface area contributed by atoms with Gasteiger partial charge in [0, 0.05) is 28.2 Å². The predicted molar refractivity (Wildman–Crippen MR) is 166 cm³/mol. The van der Waals surface area contributed by atoms with E-state index in [4.69, 9.17) is 19.2 Å². The van der Waals surface area contributed by atoms with E-state index in [1.807, 2.05) is 50.3 Å². The molecule has 3 heterocycles. The van der Waals surface area contributed by atoms with E-state index in [1.54, 1.807) is 25.5 Å². The molecule has 1 atom stereocenters. The van der Waals surface area contributed by atoms with Crippen molar-refractivity contribution in [3.8, 4) is 11.5 Å². The second-order valence-electron chi connectivity index (χ2n) is 10.9. The van der Waals surface area contributed by atoms with Gasteiger partial charge in [0.05, 0.1) is 41.7 Å². The van der Waals surface area contributed by atoms with Gasteiger partial charge in [-0.2, -0.15) is 0 Å². The first kappa shape index (κ1) is 29.4. The largest absolute Gasteiger partial charge is 0.493 e. The quantitative estimate of drug-likeness (QED) is 0.257. The minimum atomic E-state index is -0.748. The SMILES string of the molecule is CCOC(=O)C1=C(C)N=c2s/c(=C/c3c(C)n(C(C)C)c4ccccc34)c(=O)n2[C@@H]1c1ccc(OC(C)C)c(OC)c1. The molecule has 0 unspecified atom stereocenters. The molecule has 4 aromatic rings. The van der Waals surface area contributed by atoms with Crippen LogP contribution in [0.5, 0.6) is 11.5 Å². The molecule has 1 aliphatic rings. The smallest absolute Gasteiger partial charge is 0.338 e. The van der Waals surface area contributed by atoms with Crippen molar-refractivity contribution in [1.82, 2.24) is 9.13 Å². The number of thiazole rings is 1. The van der Waals surface area contributed by atoms with Crippen LogP contribution in [-0.2, 0) is 9.53 Å². The number of methoxy groups -OCH3 is 1. The van der Waals surface area contributed by atoms with Gasteiger partial charge >= 0.3 is 5.97 Å². The minimum Gasteiger partial charge on any atom is -0.493 e. The Morgan fingerprint density at radius 2 is 1.83 bits per heavy atom. The van der Waals surface area contributed by atoms with Crippen LogP contribution in [0.2, 0.25) is 0 Å². The molecule has 0 saturated carbocycles. The van der Waals surface area contributed by atoms with Gasteiger partial charge in [-0.25, -0.2) is 9.79 Å². The summed E-state index contributed by atoms with van der Waals surface area (Å²) in [6.45, 7) is 14.0. The van der Waals surface area contributed by atoms with E-state index in [1.165, 1.54) is 11.3 Å². The van der Waals surface area contributed by atoms with Crippen LogP contribution in [0.4, 0.5) is 0 Å². The maximum absolute atomic E-state index is 14.2. The zero-order chi connectivity index (χ0) is 30.3. The molecule has 0 N–H and O–H groups in total. The molecule has 0 amide bonds. The Hall–Kier alpha value is -4.11. The minimum absolute atomic E-state index is 0.0512. The molecule has 0 aliphatic carbocycles. The molecule has 42 heavy (non-hydrogen) atoms. The first-order valence-corrected chi connectivity index (χ1v) is 15.0. The van der Waals surface area contributed by atoms with Crippen molar-refractivity contribution in [3.05, 3.63) is 90.2 Å². The number of rotatable bonds is 8. The maximum Gasteiger partial charge on any atom is 0.338 e. The number of hydrogen-bond donors (Lipinski definition) is 0. The van der Waals surface area contributed by atoms with Crippen molar-refractivity contribution in [2.45, 2.75) is 66.7 Å². The Morgan fingerprint density at radius 3 is 2.50 bits per heavy atom. The number of para-hydroxylation sites is 1. The van der Waals surface area contributed by atoms with E-state index in [9.17, 15) is 9.59 Å². The van der Waals surface area contributed by atoms with Gasteiger partial charge in [0.25, 0.3) is 5.56 Å². The Morgan fingerprint density at radius 1 is 1.10 bits per heavy atom. The highest BCUT2D eigenvalue weighted by Crippen LogP contribution is 2.37. The Bertz CT molecular complexity index is 1890. The Kier molecular flexibility index (Phi) is 8.14. The van der Waals surface area contributed by atoms with Crippen molar-refractivity contribution >= 4 is 34.3 Å². The highest BCUT2D eigenvalue weighted by molar-refractivity contribution is 7.07. The fraction of sp³-hybridized carbons (Fsp3) is 0.364. The summed E-state index contributed by atoms with van der Waals surface area (Å²) in [5.41, 5.74) is 4.52. The van der Waals surface area contributed by atoms with Crippen LogP contribution in [0.15, 0.2) is 63.5 Å². The molecular weight excluding hydrogens is 550 g/mol. The summed E-state index contributed by atoms with van der Waals surface area (Å²) in [5, 5.41) is 1.08. The number of fused-ring (bicyclic) bond motifs is 2. The zero-order valence-electron chi connectivity index (χ0n) is 25.3. The summed E-state index contributed by atoms with van der Waals surface area (Å²) in [6.07, 6.45) is 1.91. The molecule has 2 aromatic heterocycles. The summed E-state index contributed by atoms with van der Waals surface area (Å²) >= 11 is 1.32. The Balaban J connectivity index is 1.76. The number of nitrogens with zero attached hydrogens (tertiary/aromatic N) is 3. The molecular formula is C33H37N3O5S. The van der Waals surface area contributed by atoms with Gasteiger partial charge in [-0.05, 0) is 78.3 Å². The third-order valence-electron chi connectivity index (χ3n) is 7.38. The number of carbonyl (C=O) groups excluding carboxylic acids is 1. The summed E-state index contributed by atoms with van der Waals surface area (Å²) in [5.74, 6) is 0.590. The van der Waals surface area contributed by atoms with Crippen molar-refractivity contribution < 1.29 is 19.0 Å². The van der Waals surface area contributed by atoms with Crippen molar-refractivity contribution in [2.24, 2.45) is 4.99 Å². The number of allylic oxidation sites excluding steroid dienone is 1. The third-order valence-corrected chi connectivity index (χ3v) is 8.36. The molecule has 0 spiro atoms. The monoisotopic (exact) mass is 587 g/mol. The van der Waals surface area contributed by atoms with E-state index < -0.39 is 12.0 Å². The molecule has 2 aromatic carbocycles. The number of benzene rings is 2. The van der Waals surface area contributed by atoms with Gasteiger partial charge in [0.2, 0.25) is 0 Å². The average Bonchev–Trinajstić information content (AvgIpc) is 3.40. The van der Waals surface area contributed by atoms with Crippen molar-refractivity contribution in [3.63, 3.8) is 0 Å². The summed E-state index contributed by atoms with van der Waals surface area (Å²) in [4.78, 5) is 32.8. The van der Waals surface area contributed by atoms with Gasteiger partial charge in [-0.15, -0.1) is 0 Å². The molecule has 0 radical (unpaired) electrons. The van der Waals surface area contributed by atoms with Gasteiger partial charge in [0.1, 0.15) is 0 Å². The fourth-order valence-corrected chi connectivity index (χ4v) is 6.74. The molecule has 1 aliphatic heterocycles. The van der Waals surface area contributed by atoms with E-state index in [0.29, 0.717) is 37.7 Å². The fourth-order valence-electron chi connectivity index (χ4n) is 5.71. The lowest BCUT2D eigenvalue weighted by molar-refractivity contribution is -0.139. The summed E-state index contributed by atoms with van der Waals surface area (Å²) in [7, 11) is 1.57. The lowest BCUT2D eigenvalue weighted by atomic mass is 9.95. The second kappa shape index (κ2) is 11.6. The molecule has 0 saturated heterocycles. The van der Waals surface area contributed by atoms with Crippen LogP contribution in [0.3, 0.4) is 0 Å². The normalized spacial score (nSPS) is 15.4. The third kappa shape index (κ3) is 5.06. The molecule has 0 bridgehead atoms. The maximum atomic E-state index is 14.2.